The monoisotopic (exact) mass is 534 g/mol. The molecule has 0 aliphatic heterocycles. The average molecular weight is 534 g/mol. The Hall–Kier alpha value is -0.661. The number of benzene rings is 2. The van der Waals surface area contributed by atoms with Crippen LogP contribution in [-0.2, 0) is 39.0 Å². The van der Waals surface area contributed by atoms with E-state index in [9.17, 15) is 18.9 Å². The number of aryl methyl sites for hydroxylation is 4. The summed E-state index contributed by atoms with van der Waals surface area (Å²) in [7, 11) is -6.27. The normalized spacial score (nSPS) is 14.2. The first kappa shape index (κ1) is 32.3. The third kappa shape index (κ3) is 15.8. The van der Waals surface area contributed by atoms with Gasteiger partial charge in [-0.05, 0) is 75.3 Å². The largest absolute Gasteiger partial charge is 2.00 e. The van der Waals surface area contributed by atoms with E-state index in [4.69, 9.17) is 0 Å². The summed E-state index contributed by atoms with van der Waals surface area (Å²) < 4.78 is 23.3. The van der Waals surface area contributed by atoms with Crippen LogP contribution in [0.3, 0.4) is 0 Å². The van der Waals surface area contributed by atoms with Gasteiger partial charge in [-0.2, -0.15) is 0 Å². The van der Waals surface area contributed by atoms with Crippen molar-refractivity contribution in [3.63, 3.8) is 0 Å². The topological polar surface area (TPSA) is 80.3 Å². The summed E-state index contributed by atoms with van der Waals surface area (Å²) in [4.78, 5) is 23.3. The van der Waals surface area contributed by atoms with E-state index in [0.717, 1.165) is 36.8 Å². The molecule has 0 saturated carbocycles. The van der Waals surface area contributed by atoms with E-state index >= 15 is 0 Å². The molecule has 0 N–H and O–H groups in total. The molecule has 0 bridgehead atoms. The fraction of sp³-hybridized carbons (Fsp3) is 0.538. The van der Waals surface area contributed by atoms with Crippen LogP contribution in [-0.4, -0.2) is 24.6 Å². The summed E-state index contributed by atoms with van der Waals surface area (Å²) in [5.41, 5.74) is 4.64. The maximum absolute atomic E-state index is 11.7. The van der Waals surface area contributed by atoms with Gasteiger partial charge >= 0.3 is 17.1 Å². The zero-order valence-electron chi connectivity index (χ0n) is 20.6. The van der Waals surface area contributed by atoms with Crippen molar-refractivity contribution in [2.24, 2.45) is 0 Å². The fourth-order valence-corrected chi connectivity index (χ4v) is 6.37. The zero-order chi connectivity index (χ0) is 24.0. The molecule has 2 atom stereocenters. The minimum absolute atomic E-state index is 0. The molecule has 0 heterocycles. The minimum atomic E-state index is -3.14. The summed E-state index contributed by atoms with van der Waals surface area (Å²) in [6.07, 6.45) is 6.06. The van der Waals surface area contributed by atoms with Crippen LogP contribution in [0.1, 0.15) is 61.8 Å². The molecule has 0 aliphatic rings. The molecule has 0 saturated heterocycles. The summed E-state index contributed by atoms with van der Waals surface area (Å²) in [5.74, 6) is 0. The van der Waals surface area contributed by atoms with Crippen molar-refractivity contribution in [1.82, 2.24) is 0 Å². The van der Waals surface area contributed by atoms with Crippen LogP contribution >= 0.6 is 14.7 Å². The first-order valence-corrected chi connectivity index (χ1v) is 15.7. The molecule has 4 nitrogen and oxygen atoms in total. The van der Waals surface area contributed by atoms with Crippen LogP contribution in [0, 0.1) is 13.8 Å². The number of rotatable bonds is 12. The zero-order valence-corrected chi connectivity index (χ0v) is 23.5. The van der Waals surface area contributed by atoms with Gasteiger partial charge in [0.1, 0.15) is 0 Å². The summed E-state index contributed by atoms with van der Waals surface area (Å²) in [6, 6.07) is 16.1. The van der Waals surface area contributed by atoms with Gasteiger partial charge in [0.15, 0.2) is 0 Å². The standard InChI is InChI=1S/2C13H21O2P.Fe/c2*1-3-4-10-16(14,15)11-9-13-7-5-12(2)6-8-13;/h2*5-8H,3-4,9-11H2,1-2H3,(H,14,15);/q;;+2/p-2. The predicted octanol–water partition coefficient (Wildman–Crippen LogP) is 5.95. The third-order valence-electron chi connectivity index (χ3n) is 5.43. The van der Waals surface area contributed by atoms with Crippen LogP contribution in [0.4, 0.5) is 0 Å². The Kier molecular flexibility index (Phi) is 16.5. The van der Waals surface area contributed by atoms with Crippen LogP contribution in [0.25, 0.3) is 0 Å². The molecule has 2 unspecified atom stereocenters. The van der Waals surface area contributed by atoms with Gasteiger partial charge in [-0.25, -0.2) is 0 Å². The molecular weight excluding hydrogens is 494 g/mol. The molecule has 2 aromatic rings. The van der Waals surface area contributed by atoms with Gasteiger partial charge in [-0.15, -0.1) is 0 Å². The van der Waals surface area contributed by atoms with Crippen molar-refractivity contribution in [2.45, 2.75) is 66.2 Å². The second-order valence-electron chi connectivity index (χ2n) is 8.70. The van der Waals surface area contributed by atoms with Crippen molar-refractivity contribution in [1.29, 1.82) is 0 Å². The van der Waals surface area contributed by atoms with Gasteiger partial charge in [-0.3, -0.25) is 0 Å². The van der Waals surface area contributed by atoms with Crippen molar-refractivity contribution >= 4 is 14.7 Å². The smallest absolute Gasteiger partial charge is 0.799 e. The molecule has 186 valence electrons. The second-order valence-corrected chi connectivity index (χ2v) is 13.7. The fourth-order valence-electron chi connectivity index (χ4n) is 3.13. The Labute approximate surface area is 212 Å². The summed E-state index contributed by atoms with van der Waals surface area (Å²) >= 11 is 0. The van der Waals surface area contributed by atoms with E-state index in [1.165, 1.54) is 11.1 Å². The SMILES string of the molecule is CCCCP(=O)([O-])CCc1ccc(C)cc1.CCCCP(=O)([O-])CCc1ccc(C)cc1.[Fe+2]. The van der Waals surface area contributed by atoms with Crippen molar-refractivity contribution in [2.75, 3.05) is 24.6 Å². The first-order valence-electron chi connectivity index (χ1n) is 11.8. The van der Waals surface area contributed by atoms with Crippen LogP contribution < -0.4 is 9.79 Å². The van der Waals surface area contributed by atoms with Gasteiger partial charge < -0.3 is 18.9 Å². The maximum atomic E-state index is 11.7. The summed E-state index contributed by atoms with van der Waals surface area (Å²) in [5, 5.41) is 0. The van der Waals surface area contributed by atoms with Crippen molar-refractivity contribution in [3.8, 4) is 0 Å². The van der Waals surface area contributed by atoms with Crippen molar-refractivity contribution < 1.29 is 36.0 Å². The Bertz CT molecular complexity index is 793. The van der Waals surface area contributed by atoms with Gasteiger partial charge in [0.05, 0.1) is 0 Å². The number of hydrogen-bond acceptors (Lipinski definition) is 4. The molecule has 0 spiro atoms. The quantitative estimate of drug-likeness (QED) is 0.249. The predicted molar refractivity (Wildman–Crippen MR) is 134 cm³/mol. The van der Waals surface area contributed by atoms with Crippen LogP contribution in [0.5, 0.6) is 0 Å². The van der Waals surface area contributed by atoms with E-state index in [1.807, 2.05) is 76.2 Å². The average Bonchev–Trinajstić information content (AvgIpc) is 2.76. The Morgan fingerprint density at radius 3 is 1.18 bits per heavy atom. The van der Waals surface area contributed by atoms with E-state index in [-0.39, 0.29) is 17.1 Å². The van der Waals surface area contributed by atoms with Gasteiger partial charge in [-0.1, -0.05) is 86.3 Å². The molecule has 0 aliphatic carbocycles. The van der Waals surface area contributed by atoms with E-state index in [1.54, 1.807) is 0 Å². The molecule has 0 amide bonds. The maximum Gasteiger partial charge on any atom is 2.00 e. The molecule has 33 heavy (non-hydrogen) atoms. The Balaban J connectivity index is 0.000000602. The Morgan fingerprint density at radius 2 is 0.909 bits per heavy atom. The first-order chi connectivity index (χ1) is 15.1. The summed E-state index contributed by atoms with van der Waals surface area (Å²) in [6.45, 7) is 8.09. The molecule has 7 heteroatoms. The molecule has 0 radical (unpaired) electrons. The number of unbranched alkanes of at least 4 members (excludes halogenated alkanes) is 2. The number of hydrogen-bond donors (Lipinski definition) is 0. The molecule has 2 rings (SSSR count). The molecule has 0 aromatic heterocycles. The van der Waals surface area contributed by atoms with E-state index in [2.05, 4.69) is 0 Å². The van der Waals surface area contributed by atoms with Crippen molar-refractivity contribution in [3.05, 3.63) is 70.8 Å². The van der Waals surface area contributed by atoms with E-state index < -0.39 is 14.7 Å². The van der Waals surface area contributed by atoms with Crippen LogP contribution in [0.2, 0.25) is 0 Å². The van der Waals surface area contributed by atoms with Gasteiger partial charge in [0.25, 0.3) is 0 Å². The molecule has 2 aromatic carbocycles. The second kappa shape index (κ2) is 16.9. The molecular formula is C26H40FeO4P2. The minimum Gasteiger partial charge on any atom is -0.799 e. The van der Waals surface area contributed by atoms with Crippen LogP contribution in [0.15, 0.2) is 48.5 Å². The third-order valence-corrected chi connectivity index (χ3v) is 9.23. The van der Waals surface area contributed by atoms with E-state index in [0.29, 0.717) is 37.5 Å². The van der Waals surface area contributed by atoms with Gasteiger partial charge in [0.2, 0.25) is 0 Å². The van der Waals surface area contributed by atoms with Gasteiger partial charge in [0, 0.05) is 14.7 Å². The Morgan fingerprint density at radius 1 is 0.606 bits per heavy atom. The molecule has 0 fully saturated rings.